The van der Waals surface area contributed by atoms with E-state index in [9.17, 15) is 0 Å². The van der Waals surface area contributed by atoms with Crippen molar-refractivity contribution in [2.45, 2.75) is 45.4 Å². The third kappa shape index (κ3) is 14.4. The van der Waals surface area contributed by atoms with E-state index >= 15 is 0 Å². The summed E-state index contributed by atoms with van der Waals surface area (Å²) in [6.07, 6.45) is 3.76. The van der Waals surface area contributed by atoms with Gasteiger partial charge in [-0.05, 0) is 270 Å². The molecule has 2 aliphatic carbocycles. The average molecular weight is 1660 g/mol. The molecule has 22 rings (SSSR count). The first-order chi connectivity index (χ1) is 60.7. The van der Waals surface area contributed by atoms with Crippen LogP contribution in [0.2, 0.25) is 0 Å². The van der Waals surface area contributed by atoms with E-state index in [2.05, 4.69) is 507 Å². The summed E-state index contributed by atoms with van der Waals surface area (Å²) in [5.74, 6) is 0. The van der Waals surface area contributed by atoms with Gasteiger partial charge in [-0.15, -0.1) is 0 Å². The quantitative estimate of drug-likeness (QED) is 0.102. The SMILES string of the molecule is C=Cc1ccc(-c2ccc3c(c2)c2cc(-c4ccc(N(c5ccc(-c6ccccc6)cc5)c5ccc6c(c5)C(C)(C)c5ccccc5-6)cc4)ccc2n3-c2ccccc2)cc1.C=Cc1ccc(-c2ccc3c(c2)c2cc(Br)ccc2n3-c2ccccc2)cc1.Cc1ccc(N(c2ccc(-c3ccccc3)cc2)c2ccc3c(c2)C(C)(C)c2ccccc2-3)cc1. The number of aromatic nitrogens is 2. The smallest absolute Gasteiger partial charge is 0.0541 e. The lowest BCUT2D eigenvalue weighted by Gasteiger charge is -2.28. The Bertz CT molecular complexity index is 7390. The minimum Gasteiger partial charge on any atom is -0.310 e. The minimum absolute atomic E-state index is 0.0297. The van der Waals surface area contributed by atoms with E-state index < -0.39 is 0 Å². The maximum absolute atomic E-state index is 3.94. The highest BCUT2D eigenvalue weighted by Crippen LogP contribution is 2.53. The molecule has 5 heteroatoms. The normalized spacial score (nSPS) is 12.5. The molecule has 0 atom stereocenters. The summed E-state index contributed by atoms with van der Waals surface area (Å²) < 4.78 is 5.81. The zero-order valence-electron chi connectivity index (χ0n) is 70.2. The van der Waals surface area contributed by atoms with E-state index in [1.807, 2.05) is 12.2 Å². The first-order valence-corrected chi connectivity index (χ1v) is 43.5. The Balaban J connectivity index is 0.000000130. The predicted molar refractivity (Wildman–Crippen MR) is 532 cm³/mol. The van der Waals surface area contributed by atoms with Crippen LogP contribution in [-0.2, 0) is 10.8 Å². The highest BCUT2D eigenvalue weighted by atomic mass is 79.9. The Morgan fingerprint density at radius 1 is 0.242 bits per heavy atom. The summed E-state index contributed by atoms with van der Waals surface area (Å²) in [6, 6.07) is 154. The lowest BCUT2D eigenvalue weighted by atomic mass is 9.82. The third-order valence-electron chi connectivity index (χ3n) is 25.3. The van der Waals surface area contributed by atoms with Crippen molar-refractivity contribution in [1.29, 1.82) is 0 Å². The molecule has 124 heavy (non-hydrogen) atoms. The van der Waals surface area contributed by atoms with E-state index in [0.29, 0.717) is 0 Å². The van der Waals surface area contributed by atoms with Gasteiger partial charge in [0, 0.05) is 82.3 Å². The van der Waals surface area contributed by atoms with Crippen LogP contribution in [0.5, 0.6) is 0 Å². The molecule has 4 nitrogen and oxygen atoms in total. The van der Waals surface area contributed by atoms with Crippen molar-refractivity contribution in [1.82, 2.24) is 9.13 Å². The molecule has 0 saturated carbocycles. The first-order valence-electron chi connectivity index (χ1n) is 42.7. The van der Waals surface area contributed by atoms with Crippen molar-refractivity contribution >= 4 is 106 Å². The fraction of sp³-hybridized carbons (Fsp3) is 0.0588. The van der Waals surface area contributed by atoms with Crippen LogP contribution in [0.25, 0.3) is 145 Å². The molecule has 2 heterocycles. The molecule has 2 aromatic heterocycles. The number of fused-ring (bicyclic) bond motifs is 12. The summed E-state index contributed by atoms with van der Waals surface area (Å²) in [6.45, 7) is 19.3. The van der Waals surface area contributed by atoms with Crippen LogP contribution in [0.15, 0.2) is 442 Å². The molecule has 18 aromatic carbocycles. The number of rotatable bonds is 15. The Labute approximate surface area is 735 Å². The summed E-state index contributed by atoms with van der Waals surface area (Å²) in [4.78, 5) is 4.77. The topological polar surface area (TPSA) is 16.3 Å². The largest absolute Gasteiger partial charge is 0.310 e. The molecule has 0 amide bonds. The molecule has 0 unspecified atom stereocenters. The van der Waals surface area contributed by atoms with Crippen molar-refractivity contribution < 1.29 is 0 Å². The molecule has 0 N–H and O–H groups in total. The molecular weight excluding hydrogens is 1570 g/mol. The first kappa shape index (κ1) is 77.7. The average Bonchev–Trinajstić information content (AvgIpc) is 1.56. The monoisotopic (exact) mass is 1650 g/mol. The number of hydrogen-bond acceptors (Lipinski definition) is 2. The maximum Gasteiger partial charge on any atom is 0.0541 e. The number of aryl methyl sites for hydroxylation is 1. The highest BCUT2D eigenvalue weighted by molar-refractivity contribution is 9.10. The summed E-state index contributed by atoms with van der Waals surface area (Å²) >= 11 is 3.64. The van der Waals surface area contributed by atoms with Crippen LogP contribution >= 0.6 is 15.9 Å². The van der Waals surface area contributed by atoms with Gasteiger partial charge in [0.05, 0.1) is 22.1 Å². The van der Waals surface area contributed by atoms with E-state index in [1.165, 1.54) is 161 Å². The van der Waals surface area contributed by atoms with Crippen LogP contribution in [0, 0.1) is 6.92 Å². The zero-order valence-corrected chi connectivity index (χ0v) is 71.7. The summed E-state index contributed by atoms with van der Waals surface area (Å²) in [5.41, 5.74) is 40.3. The van der Waals surface area contributed by atoms with Crippen molar-refractivity contribution in [3.63, 3.8) is 0 Å². The zero-order chi connectivity index (χ0) is 84.2. The number of nitrogens with zero attached hydrogens (tertiary/aromatic N) is 4. The lowest BCUT2D eigenvalue weighted by Crippen LogP contribution is -2.16. The van der Waals surface area contributed by atoms with E-state index in [1.54, 1.807) is 0 Å². The van der Waals surface area contributed by atoms with Crippen LogP contribution in [0.1, 0.15) is 66.6 Å². The van der Waals surface area contributed by atoms with Crippen molar-refractivity contribution in [3.8, 4) is 89.3 Å². The molecule has 0 radical (unpaired) electrons. The van der Waals surface area contributed by atoms with Gasteiger partial charge < -0.3 is 18.9 Å². The molecule has 594 valence electrons. The Morgan fingerprint density at radius 2 is 0.508 bits per heavy atom. The van der Waals surface area contributed by atoms with Crippen molar-refractivity contribution in [2.75, 3.05) is 9.80 Å². The van der Waals surface area contributed by atoms with Crippen LogP contribution in [0.4, 0.5) is 34.1 Å². The van der Waals surface area contributed by atoms with Gasteiger partial charge in [0.1, 0.15) is 0 Å². The maximum atomic E-state index is 3.94. The molecule has 0 fully saturated rings. The van der Waals surface area contributed by atoms with Gasteiger partial charge in [0.15, 0.2) is 0 Å². The number of hydrogen-bond donors (Lipinski definition) is 0. The fourth-order valence-electron chi connectivity index (χ4n) is 18.8. The fourth-order valence-corrected chi connectivity index (χ4v) is 19.2. The molecular formula is C119H91BrN4. The number of halogens is 1. The van der Waals surface area contributed by atoms with Crippen LogP contribution < -0.4 is 9.80 Å². The van der Waals surface area contributed by atoms with Gasteiger partial charge in [-0.25, -0.2) is 0 Å². The van der Waals surface area contributed by atoms with Gasteiger partial charge >= 0.3 is 0 Å². The second-order valence-corrected chi connectivity index (χ2v) is 34.4. The molecule has 0 saturated heterocycles. The predicted octanol–water partition coefficient (Wildman–Crippen LogP) is 33.5. The van der Waals surface area contributed by atoms with Crippen LogP contribution in [-0.4, -0.2) is 9.13 Å². The van der Waals surface area contributed by atoms with E-state index in [4.69, 9.17) is 0 Å². The summed E-state index contributed by atoms with van der Waals surface area (Å²) in [7, 11) is 0. The van der Waals surface area contributed by atoms with Crippen molar-refractivity contribution in [3.05, 3.63) is 481 Å². The minimum atomic E-state index is -0.103. The molecule has 0 spiro atoms. The van der Waals surface area contributed by atoms with Gasteiger partial charge in [-0.3, -0.25) is 0 Å². The van der Waals surface area contributed by atoms with E-state index in [0.717, 1.165) is 49.7 Å². The molecule has 0 bridgehead atoms. The second kappa shape index (κ2) is 32.6. The van der Waals surface area contributed by atoms with Gasteiger partial charge in [-0.2, -0.15) is 0 Å². The Morgan fingerprint density at radius 3 is 0.863 bits per heavy atom. The number of anilines is 6. The summed E-state index contributed by atoms with van der Waals surface area (Å²) in [5, 5.41) is 4.96. The molecule has 2 aliphatic rings. The standard InChI is InChI=1S/C59H44N2.C34H29N.C26H18BrN/c1-4-40-19-21-43(22-20-40)45-27-35-57-53(37-45)54-38-46(28-36-58(54)61(57)47-15-9-6-10-16-47)44-25-31-49(32-26-44)60(48-29-23-42(24-30-48)41-13-7-5-8-14-41)50-33-34-52-51-17-11-12-18-55(51)59(2,3)56(52)39-50;1-24-13-17-27(18-14-24)35(28-19-15-26(16-20-28)25-9-5-4-6-10-25)29-21-22-31-30-11-7-8-12-32(30)34(2,3)33(31)23-29;1-2-18-8-10-19(11-9-18)20-12-14-25-23(16-20)24-17-21(27)13-15-26(24)28(25)22-6-4-3-5-7-22/h4-39H,1H2,2-3H3;4-23H,1-3H3;2-17H,1H2. The van der Waals surface area contributed by atoms with Crippen LogP contribution in [0.3, 0.4) is 0 Å². The van der Waals surface area contributed by atoms with Gasteiger partial charge in [0.2, 0.25) is 0 Å². The Hall–Kier alpha value is -14.9. The lowest BCUT2D eigenvalue weighted by molar-refractivity contribution is 0.660. The molecule has 0 aliphatic heterocycles. The van der Waals surface area contributed by atoms with Crippen molar-refractivity contribution in [2.24, 2.45) is 0 Å². The van der Waals surface area contributed by atoms with E-state index in [-0.39, 0.29) is 10.8 Å². The van der Waals surface area contributed by atoms with Gasteiger partial charge in [0.25, 0.3) is 0 Å². The second-order valence-electron chi connectivity index (χ2n) is 33.5. The van der Waals surface area contributed by atoms with Gasteiger partial charge in [-0.1, -0.05) is 347 Å². The Kier molecular flexibility index (Phi) is 20.4. The molecule has 20 aromatic rings. The highest BCUT2D eigenvalue weighted by Gasteiger charge is 2.38. The number of para-hydroxylation sites is 2. The third-order valence-corrected chi connectivity index (χ3v) is 25.8. The number of benzene rings is 18.